The lowest BCUT2D eigenvalue weighted by Gasteiger charge is -2.23. The monoisotopic (exact) mass is 293 g/mol. The number of carbonyl (C=O) groups excluding carboxylic acids is 1. The van der Waals surface area contributed by atoms with Gasteiger partial charge in [0.1, 0.15) is 5.60 Å². The van der Waals surface area contributed by atoms with Gasteiger partial charge in [-0.15, -0.1) is 0 Å². The van der Waals surface area contributed by atoms with E-state index in [9.17, 15) is 4.79 Å². The normalized spacial score (nSPS) is 13.1. The molecule has 1 rings (SSSR count). The molecule has 5 heteroatoms. The lowest BCUT2D eigenvalue weighted by molar-refractivity contribution is 0.0505. The molecule has 1 unspecified atom stereocenters. The molecule has 0 bridgehead atoms. The van der Waals surface area contributed by atoms with Gasteiger partial charge in [0.25, 0.3) is 0 Å². The molecule has 1 atom stereocenters. The van der Waals surface area contributed by atoms with Crippen LogP contribution in [0.5, 0.6) is 0 Å². The Morgan fingerprint density at radius 1 is 1.38 bits per heavy atom. The molecule has 0 aliphatic rings. The summed E-state index contributed by atoms with van der Waals surface area (Å²) in [6.45, 7) is 6.67. The van der Waals surface area contributed by atoms with Crippen molar-refractivity contribution in [2.45, 2.75) is 39.0 Å². The van der Waals surface area contributed by atoms with Gasteiger partial charge in [-0.05, 0) is 46.0 Å². The zero-order chi connectivity index (χ0) is 16.0. The van der Waals surface area contributed by atoms with E-state index in [0.29, 0.717) is 6.54 Å². The standard InChI is InChI=1S/C16H27N3O2/c1-16(2,3)21-15(20)18-14(10-17)13-8-6-7-12(9-13)11-19(4)5/h6-9,14H,10-11,17H2,1-5H3,(H,18,20). The van der Waals surface area contributed by atoms with Crippen LogP contribution in [0.1, 0.15) is 37.9 Å². The van der Waals surface area contributed by atoms with Crippen molar-refractivity contribution in [2.24, 2.45) is 5.73 Å². The Hall–Kier alpha value is -1.59. The van der Waals surface area contributed by atoms with Gasteiger partial charge in [0, 0.05) is 13.1 Å². The van der Waals surface area contributed by atoms with Crippen LogP contribution in [-0.4, -0.2) is 37.2 Å². The highest BCUT2D eigenvalue weighted by atomic mass is 16.6. The number of hydrogen-bond acceptors (Lipinski definition) is 4. The minimum absolute atomic E-state index is 0.248. The van der Waals surface area contributed by atoms with Crippen LogP contribution in [0.15, 0.2) is 24.3 Å². The highest BCUT2D eigenvalue weighted by Crippen LogP contribution is 2.16. The molecule has 0 saturated carbocycles. The van der Waals surface area contributed by atoms with E-state index in [-0.39, 0.29) is 6.04 Å². The molecule has 0 heterocycles. The largest absolute Gasteiger partial charge is 0.444 e. The van der Waals surface area contributed by atoms with E-state index in [4.69, 9.17) is 10.5 Å². The molecule has 0 aromatic heterocycles. The van der Waals surface area contributed by atoms with Gasteiger partial charge in [0.05, 0.1) is 6.04 Å². The Kier molecular flexibility index (Phi) is 6.18. The summed E-state index contributed by atoms with van der Waals surface area (Å²) in [6, 6.07) is 7.82. The smallest absolute Gasteiger partial charge is 0.408 e. The number of rotatable bonds is 5. The zero-order valence-corrected chi connectivity index (χ0v) is 13.6. The predicted octanol–water partition coefficient (Wildman–Crippen LogP) is 2.27. The van der Waals surface area contributed by atoms with Crippen molar-refractivity contribution in [3.8, 4) is 0 Å². The number of nitrogens with two attached hydrogens (primary N) is 1. The Morgan fingerprint density at radius 3 is 2.57 bits per heavy atom. The molecule has 21 heavy (non-hydrogen) atoms. The molecule has 0 aliphatic carbocycles. The lowest BCUT2D eigenvalue weighted by atomic mass is 10.0. The molecule has 0 spiro atoms. The van der Waals surface area contributed by atoms with Crippen LogP contribution in [-0.2, 0) is 11.3 Å². The van der Waals surface area contributed by atoms with Gasteiger partial charge in [-0.3, -0.25) is 0 Å². The fourth-order valence-corrected chi connectivity index (χ4v) is 2.00. The summed E-state index contributed by atoms with van der Waals surface area (Å²) in [4.78, 5) is 14.0. The molecular weight excluding hydrogens is 266 g/mol. The van der Waals surface area contributed by atoms with Crippen molar-refractivity contribution in [3.05, 3.63) is 35.4 Å². The van der Waals surface area contributed by atoms with Crippen molar-refractivity contribution < 1.29 is 9.53 Å². The summed E-state index contributed by atoms with van der Waals surface area (Å²) in [5, 5.41) is 2.82. The molecule has 5 nitrogen and oxygen atoms in total. The van der Waals surface area contributed by atoms with E-state index in [2.05, 4.69) is 22.3 Å². The van der Waals surface area contributed by atoms with Gasteiger partial charge in [0.15, 0.2) is 0 Å². The maximum absolute atomic E-state index is 11.9. The topological polar surface area (TPSA) is 67.6 Å². The highest BCUT2D eigenvalue weighted by Gasteiger charge is 2.19. The summed E-state index contributed by atoms with van der Waals surface area (Å²) >= 11 is 0. The SMILES string of the molecule is CN(C)Cc1cccc(C(CN)NC(=O)OC(C)(C)C)c1. The van der Waals surface area contributed by atoms with Crippen LogP contribution in [0.2, 0.25) is 0 Å². The maximum atomic E-state index is 11.9. The van der Waals surface area contributed by atoms with Crippen LogP contribution < -0.4 is 11.1 Å². The van der Waals surface area contributed by atoms with Gasteiger partial charge < -0.3 is 20.7 Å². The molecule has 0 radical (unpaired) electrons. The van der Waals surface area contributed by atoms with Crippen LogP contribution in [0.25, 0.3) is 0 Å². The molecule has 1 aromatic rings. The van der Waals surface area contributed by atoms with Crippen LogP contribution in [0.3, 0.4) is 0 Å². The first-order valence-corrected chi connectivity index (χ1v) is 7.14. The molecule has 3 N–H and O–H groups in total. The second-order valence-corrected chi connectivity index (χ2v) is 6.42. The third-order valence-electron chi connectivity index (χ3n) is 2.78. The quantitative estimate of drug-likeness (QED) is 0.874. The Balaban J connectivity index is 2.78. The number of nitrogens with one attached hydrogen (secondary N) is 1. The van der Waals surface area contributed by atoms with Crippen molar-refractivity contribution in [1.29, 1.82) is 0 Å². The molecule has 0 aliphatic heterocycles. The Bertz CT molecular complexity index is 467. The maximum Gasteiger partial charge on any atom is 0.408 e. The van der Waals surface area contributed by atoms with Gasteiger partial charge in [0.2, 0.25) is 0 Å². The van der Waals surface area contributed by atoms with Crippen molar-refractivity contribution in [2.75, 3.05) is 20.6 Å². The minimum atomic E-state index is -0.518. The first-order valence-electron chi connectivity index (χ1n) is 7.14. The Morgan fingerprint density at radius 2 is 2.05 bits per heavy atom. The number of carbonyl (C=O) groups is 1. The van der Waals surface area contributed by atoms with Crippen molar-refractivity contribution >= 4 is 6.09 Å². The van der Waals surface area contributed by atoms with Crippen LogP contribution in [0.4, 0.5) is 4.79 Å². The van der Waals surface area contributed by atoms with Gasteiger partial charge in [-0.25, -0.2) is 4.79 Å². The second kappa shape index (κ2) is 7.43. The van der Waals surface area contributed by atoms with Crippen molar-refractivity contribution in [1.82, 2.24) is 10.2 Å². The number of hydrogen-bond donors (Lipinski definition) is 2. The van der Waals surface area contributed by atoms with E-state index in [1.807, 2.05) is 47.0 Å². The number of nitrogens with zero attached hydrogens (tertiary/aromatic N) is 1. The van der Waals surface area contributed by atoms with Gasteiger partial charge in [-0.1, -0.05) is 24.3 Å². The molecule has 0 saturated heterocycles. The summed E-state index contributed by atoms with van der Waals surface area (Å²) < 4.78 is 5.27. The minimum Gasteiger partial charge on any atom is -0.444 e. The molecule has 118 valence electrons. The van der Waals surface area contributed by atoms with Gasteiger partial charge in [-0.2, -0.15) is 0 Å². The number of amides is 1. The summed E-state index contributed by atoms with van der Waals surface area (Å²) in [6.07, 6.45) is -0.448. The van der Waals surface area contributed by atoms with Crippen LogP contribution in [0, 0.1) is 0 Å². The average Bonchev–Trinajstić information content (AvgIpc) is 2.33. The van der Waals surface area contributed by atoms with E-state index >= 15 is 0 Å². The second-order valence-electron chi connectivity index (χ2n) is 6.42. The van der Waals surface area contributed by atoms with Gasteiger partial charge >= 0.3 is 6.09 Å². The van der Waals surface area contributed by atoms with Crippen LogP contribution >= 0.6 is 0 Å². The number of alkyl carbamates (subject to hydrolysis) is 1. The third kappa shape index (κ3) is 6.60. The fraction of sp³-hybridized carbons (Fsp3) is 0.562. The first kappa shape index (κ1) is 17.5. The summed E-state index contributed by atoms with van der Waals surface area (Å²) in [7, 11) is 4.04. The summed E-state index contributed by atoms with van der Waals surface area (Å²) in [5.41, 5.74) is 7.44. The lowest BCUT2D eigenvalue weighted by Crippen LogP contribution is -2.37. The van der Waals surface area contributed by atoms with Crippen molar-refractivity contribution in [3.63, 3.8) is 0 Å². The predicted molar refractivity (Wildman–Crippen MR) is 85.0 cm³/mol. The molecule has 1 aromatic carbocycles. The van der Waals surface area contributed by atoms with E-state index in [1.54, 1.807) is 0 Å². The highest BCUT2D eigenvalue weighted by molar-refractivity contribution is 5.68. The Labute approximate surface area is 127 Å². The zero-order valence-electron chi connectivity index (χ0n) is 13.6. The fourth-order valence-electron chi connectivity index (χ4n) is 2.00. The summed E-state index contributed by atoms with van der Waals surface area (Å²) in [5.74, 6) is 0. The third-order valence-corrected chi connectivity index (χ3v) is 2.78. The van der Waals surface area contributed by atoms with E-state index < -0.39 is 11.7 Å². The molecule has 1 amide bonds. The first-order chi connectivity index (χ1) is 9.71. The molecule has 0 fully saturated rings. The number of ether oxygens (including phenoxy) is 1. The number of benzene rings is 1. The van der Waals surface area contributed by atoms with E-state index in [1.165, 1.54) is 5.56 Å². The van der Waals surface area contributed by atoms with E-state index in [0.717, 1.165) is 12.1 Å². The average molecular weight is 293 g/mol. The molecular formula is C16H27N3O2.